The van der Waals surface area contributed by atoms with Crippen molar-refractivity contribution in [2.75, 3.05) is 7.11 Å². The highest BCUT2D eigenvalue weighted by Crippen LogP contribution is 2.71. The Hall–Kier alpha value is -3.47. The van der Waals surface area contributed by atoms with Gasteiger partial charge in [-0.1, -0.05) is 20.4 Å². The topological polar surface area (TPSA) is 145 Å². The van der Waals surface area contributed by atoms with Crippen molar-refractivity contribution in [2.24, 2.45) is 28.1 Å². The summed E-state index contributed by atoms with van der Waals surface area (Å²) in [6.45, 7) is 14.1. The van der Waals surface area contributed by atoms with E-state index >= 15 is 4.79 Å². The van der Waals surface area contributed by atoms with Crippen LogP contribution in [0.15, 0.2) is 35.2 Å². The molecule has 2 bridgehead atoms. The van der Waals surface area contributed by atoms with Crippen molar-refractivity contribution in [1.82, 2.24) is 0 Å². The molecule has 0 N–H and O–H groups in total. The van der Waals surface area contributed by atoms with Crippen LogP contribution in [0.4, 0.5) is 0 Å². The molecule has 42 heavy (non-hydrogen) atoms. The number of rotatable bonds is 5. The third kappa shape index (κ3) is 3.92. The Morgan fingerprint density at radius 3 is 2.31 bits per heavy atom. The van der Waals surface area contributed by atoms with Crippen molar-refractivity contribution < 1.29 is 52.1 Å². The van der Waals surface area contributed by atoms with E-state index in [2.05, 4.69) is 6.58 Å². The number of esters is 4. The minimum Gasteiger partial charge on any atom is -0.472 e. The fraction of sp³-hybridized carbons (Fsp3) is 0.645. The summed E-state index contributed by atoms with van der Waals surface area (Å²) in [4.78, 5) is 66.0. The number of furan rings is 1. The van der Waals surface area contributed by atoms with Crippen molar-refractivity contribution in [2.45, 2.75) is 90.8 Å². The molecule has 11 nitrogen and oxygen atoms in total. The van der Waals surface area contributed by atoms with E-state index in [0.717, 1.165) is 0 Å². The third-order valence-corrected chi connectivity index (χ3v) is 10.6. The first-order chi connectivity index (χ1) is 19.5. The van der Waals surface area contributed by atoms with Crippen LogP contribution in [0.3, 0.4) is 0 Å². The lowest BCUT2D eigenvalue weighted by molar-refractivity contribution is -0.273. The first-order valence-corrected chi connectivity index (χ1v) is 14.1. The summed E-state index contributed by atoms with van der Waals surface area (Å²) in [5, 5.41) is 0. The number of Topliss-reactive ketones (excluding diaryl/α,β-unsaturated/α-hetero) is 1. The first kappa shape index (κ1) is 30.0. The zero-order chi connectivity index (χ0) is 31.0. The van der Waals surface area contributed by atoms with E-state index in [-0.39, 0.29) is 25.0 Å². The van der Waals surface area contributed by atoms with E-state index in [9.17, 15) is 19.2 Å². The van der Waals surface area contributed by atoms with Gasteiger partial charge in [-0.2, -0.15) is 0 Å². The normalized spacial score (nSPS) is 40.2. The molecule has 0 aromatic carbocycles. The maximum absolute atomic E-state index is 15.1. The predicted octanol–water partition coefficient (Wildman–Crippen LogP) is 3.65. The first-order valence-electron chi connectivity index (χ1n) is 14.1. The fourth-order valence-electron chi connectivity index (χ4n) is 8.44. The van der Waals surface area contributed by atoms with Crippen LogP contribution in [0.25, 0.3) is 0 Å². The van der Waals surface area contributed by atoms with E-state index in [1.807, 2.05) is 13.8 Å². The molecule has 2 aliphatic heterocycles. The maximum Gasteiger partial charge on any atom is 0.309 e. The van der Waals surface area contributed by atoms with E-state index in [4.69, 9.17) is 28.1 Å². The Labute approximate surface area is 244 Å². The van der Waals surface area contributed by atoms with Gasteiger partial charge >= 0.3 is 23.9 Å². The highest BCUT2D eigenvalue weighted by atomic mass is 16.6. The third-order valence-electron chi connectivity index (χ3n) is 10.6. The number of fused-ring (bicyclic) bond motifs is 2. The molecule has 9 atom stereocenters. The molecule has 0 unspecified atom stereocenters. The van der Waals surface area contributed by atoms with Gasteiger partial charge in [-0.05, 0) is 31.4 Å². The van der Waals surface area contributed by atoms with Gasteiger partial charge in [-0.3, -0.25) is 24.0 Å². The van der Waals surface area contributed by atoms with E-state index in [0.29, 0.717) is 11.1 Å². The lowest BCUT2D eigenvalue weighted by atomic mass is 9.50. The summed E-state index contributed by atoms with van der Waals surface area (Å²) >= 11 is 0. The standard InChI is InChI=1S/C31H38O11/c1-15-24-25(36)29(6)19(11-22(34)37-8)28(4,5)20(39-16(2)32)12-21(29)42-31(15)13-23(35)41-26(18-9-10-38-14-18)30(31,7)27(24)40-17(3)33/h9-10,14,19-21,24,26-27H,1,11-13H2,2-8H3/t19-,20+,21-,24-,26-,27-,29+,30+,31-/m0/s1. The van der Waals surface area contributed by atoms with Crippen LogP contribution in [0, 0.1) is 28.1 Å². The van der Waals surface area contributed by atoms with Crippen molar-refractivity contribution in [3.8, 4) is 0 Å². The number of ketones is 1. The van der Waals surface area contributed by atoms with Gasteiger partial charge in [0.15, 0.2) is 5.78 Å². The summed E-state index contributed by atoms with van der Waals surface area (Å²) in [5.74, 6) is -4.41. The van der Waals surface area contributed by atoms with E-state index in [1.54, 1.807) is 19.9 Å². The Balaban J connectivity index is 1.76. The zero-order valence-corrected chi connectivity index (χ0v) is 25.0. The second kappa shape index (κ2) is 9.79. The van der Waals surface area contributed by atoms with Gasteiger partial charge in [0.05, 0.1) is 55.3 Å². The lowest BCUT2D eigenvalue weighted by Crippen LogP contribution is -2.67. The number of carbonyl (C=O) groups excluding carboxylic acids is 5. The summed E-state index contributed by atoms with van der Waals surface area (Å²) < 4.78 is 35.0. The summed E-state index contributed by atoms with van der Waals surface area (Å²) in [5.41, 5.74) is -4.22. The molecule has 1 spiro atoms. The molecule has 2 aliphatic carbocycles. The van der Waals surface area contributed by atoms with Crippen LogP contribution in [-0.2, 0) is 47.7 Å². The number of ether oxygens (including phenoxy) is 5. The number of carbonyl (C=O) groups is 5. The Kier molecular flexibility index (Phi) is 6.99. The molecule has 4 aliphatic rings. The van der Waals surface area contributed by atoms with Gasteiger partial charge in [-0.25, -0.2) is 0 Å². The zero-order valence-electron chi connectivity index (χ0n) is 25.0. The minimum absolute atomic E-state index is 0.119. The van der Waals surface area contributed by atoms with Crippen molar-refractivity contribution >= 4 is 29.7 Å². The van der Waals surface area contributed by atoms with Crippen LogP contribution < -0.4 is 0 Å². The van der Waals surface area contributed by atoms with Gasteiger partial charge < -0.3 is 28.1 Å². The Morgan fingerprint density at radius 1 is 1.07 bits per heavy atom. The smallest absolute Gasteiger partial charge is 0.309 e. The molecule has 4 fully saturated rings. The Bertz CT molecular complexity index is 1340. The molecule has 3 heterocycles. The van der Waals surface area contributed by atoms with Crippen LogP contribution >= 0.6 is 0 Å². The van der Waals surface area contributed by atoms with Gasteiger partial charge in [0.25, 0.3) is 0 Å². The van der Waals surface area contributed by atoms with E-state index in [1.165, 1.54) is 33.5 Å². The second-order valence-electron chi connectivity index (χ2n) is 13.0. The number of methoxy groups -OCH3 is 1. The Morgan fingerprint density at radius 2 is 1.74 bits per heavy atom. The molecule has 1 aromatic rings. The minimum atomic E-state index is -1.51. The molecule has 5 rings (SSSR count). The highest BCUT2D eigenvalue weighted by Gasteiger charge is 2.79. The maximum atomic E-state index is 15.1. The molecular formula is C31H38O11. The van der Waals surface area contributed by atoms with Crippen LogP contribution in [0.2, 0.25) is 0 Å². The molecule has 2 saturated heterocycles. The predicted molar refractivity (Wildman–Crippen MR) is 143 cm³/mol. The van der Waals surface area contributed by atoms with Crippen molar-refractivity contribution in [3.63, 3.8) is 0 Å². The molecule has 0 radical (unpaired) electrons. The number of hydrogen-bond acceptors (Lipinski definition) is 11. The molecule has 1 aromatic heterocycles. The van der Waals surface area contributed by atoms with E-state index < -0.39 is 82.0 Å². The number of hydrogen-bond donors (Lipinski definition) is 0. The van der Waals surface area contributed by atoms with Crippen LogP contribution in [-0.4, -0.2) is 60.7 Å². The van der Waals surface area contributed by atoms with Crippen molar-refractivity contribution in [3.05, 3.63) is 36.3 Å². The SMILES string of the molecule is C=C1[C@H]2C(=O)[C@@]3(C)[C@H](C[C@@H](OC(C)=O)C(C)(C)[C@@H]3CC(=O)OC)O[C@@]13CC(=O)O[C@@H](c1ccoc1)[C@]3(C)[C@H]2OC(C)=O. The summed E-state index contributed by atoms with van der Waals surface area (Å²) in [7, 11) is 1.27. The monoisotopic (exact) mass is 586 g/mol. The molecule has 2 saturated carbocycles. The van der Waals surface area contributed by atoms with Crippen LogP contribution in [0.1, 0.15) is 72.5 Å². The molecule has 0 amide bonds. The molecular weight excluding hydrogens is 548 g/mol. The van der Waals surface area contributed by atoms with Gasteiger partial charge in [0.1, 0.15) is 23.9 Å². The molecule has 11 heteroatoms. The van der Waals surface area contributed by atoms with Gasteiger partial charge in [-0.15, -0.1) is 0 Å². The van der Waals surface area contributed by atoms with Crippen molar-refractivity contribution in [1.29, 1.82) is 0 Å². The van der Waals surface area contributed by atoms with Gasteiger partial charge in [0.2, 0.25) is 0 Å². The number of cyclic esters (lactones) is 1. The average molecular weight is 587 g/mol. The molecule has 228 valence electrons. The fourth-order valence-corrected chi connectivity index (χ4v) is 8.44. The summed E-state index contributed by atoms with van der Waals surface area (Å²) in [6.07, 6.45) is -1.22. The highest BCUT2D eigenvalue weighted by molar-refractivity contribution is 5.94. The second-order valence-corrected chi connectivity index (χ2v) is 13.0. The van der Waals surface area contributed by atoms with Gasteiger partial charge in [0, 0.05) is 31.2 Å². The quantitative estimate of drug-likeness (QED) is 0.283. The average Bonchev–Trinajstić information content (AvgIpc) is 3.47. The summed E-state index contributed by atoms with van der Waals surface area (Å²) in [6, 6.07) is 1.64. The lowest BCUT2D eigenvalue weighted by Gasteiger charge is -2.60. The largest absolute Gasteiger partial charge is 0.472 e. The van der Waals surface area contributed by atoms with Crippen LogP contribution in [0.5, 0.6) is 0 Å².